The zero-order valence-electron chi connectivity index (χ0n) is 9.41. The van der Waals surface area contributed by atoms with Crippen molar-refractivity contribution in [2.24, 2.45) is 0 Å². The fourth-order valence-electron chi connectivity index (χ4n) is 0.771. The van der Waals surface area contributed by atoms with E-state index in [9.17, 15) is 13.2 Å². The number of hydrogen-bond acceptors (Lipinski definition) is 4. The number of hydrogen-bond donors (Lipinski definition) is 2. The minimum atomic E-state index is -3.18. The van der Waals surface area contributed by atoms with Crippen LogP contribution in [0.3, 0.4) is 0 Å². The largest absolute Gasteiger partial charge is 0.396 e. The molecule has 0 aliphatic rings. The van der Waals surface area contributed by atoms with Crippen molar-refractivity contribution >= 4 is 15.7 Å². The summed E-state index contributed by atoms with van der Waals surface area (Å²) in [6.07, 6.45) is 1.76. The van der Waals surface area contributed by atoms with Gasteiger partial charge < -0.3 is 10.4 Å². The topological polar surface area (TPSA) is 83.5 Å². The van der Waals surface area contributed by atoms with E-state index in [1.54, 1.807) is 13.8 Å². The van der Waals surface area contributed by atoms with Crippen LogP contribution in [0, 0.1) is 0 Å². The highest BCUT2D eigenvalue weighted by Gasteiger charge is 2.30. The van der Waals surface area contributed by atoms with Crippen LogP contribution in [0.2, 0.25) is 0 Å². The predicted octanol–water partition coefficient (Wildman–Crippen LogP) is -0.302. The molecule has 0 heterocycles. The molecule has 1 amide bonds. The summed E-state index contributed by atoms with van der Waals surface area (Å²) >= 11 is 0. The minimum absolute atomic E-state index is 0.0388. The standard InChI is InChI=1S/C9H19NO4S/c1-9(2,15(3,13)14)7-10-8(12)5-4-6-11/h11H,4-7H2,1-3H3,(H,10,12). The van der Waals surface area contributed by atoms with E-state index in [4.69, 9.17) is 5.11 Å². The fourth-order valence-corrected chi connectivity index (χ4v) is 1.10. The Kier molecular flexibility index (Phi) is 5.23. The molecule has 0 saturated heterocycles. The quantitative estimate of drug-likeness (QED) is 0.664. The van der Waals surface area contributed by atoms with Gasteiger partial charge in [0, 0.05) is 25.8 Å². The van der Waals surface area contributed by atoms with E-state index in [0.717, 1.165) is 6.26 Å². The van der Waals surface area contributed by atoms with E-state index in [-0.39, 0.29) is 25.5 Å². The third-order valence-electron chi connectivity index (χ3n) is 2.28. The molecule has 0 atom stereocenters. The number of carbonyl (C=O) groups excluding carboxylic acids is 1. The first-order valence-corrected chi connectivity index (χ1v) is 6.67. The van der Waals surface area contributed by atoms with Crippen LogP contribution < -0.4 is 5.32 Å². The number of aliphatic hydroxyl groups excluding tert-OH is 1. The van der Waals surface area contributed by atoms with Gasteiger partial charge in [0.2, 0.25) is 5.91 Å². The second kappa shape index (κ2) is 5.46. The molecule has 0 unspecified atom stereocenters. The predicted molar refractivity (Wildman–Crippen MR) is 58.3 cm³/mol. The molecule has 0 aliphatic heterocycles. The molecule has 0 fully saturated rings. The Balaban J connectivity index is 4.11. The van der Waals surface area contributed by atoms with Gasteiger partial charge in [-0.2, -0.15) is 0 Å². The van der Waals surface area contributed by atoms with Crippen molar-refractivity contribution in [3.63, 3.8) is 0 Å². The summed E-state index contributed by atoms with van der Waals surface area (Å²) in [5.41, 5.74) is 0. The third kappa shape index (κ3) is 5.13. The monoisotopic (exact) mass is 237 g/mol. The summed E-state index contributed by atoms with van der Waals surface area (Å²) < 4.78 is 21.6. The lowest BCUT2D eigenvalue weighted by Gasteiger charge is -2.22. The molecule has 0 aromatic heterocycles. The number of aliphatic hydroxyl groups is 1. The van der Waals surface area contributed by atoms with Gasteiger partial charge in [-0.05, 0) is 20.3 Å². The molecule has 0 aliphatic carbocycles. The first-order chi connectivity index (χ1) is 6.70. The number of rotatable bonds is 6. The Hall–Kier alpha value is -0.620. The maximum atomic E-state index is 11.3. The number of amides is 1. The van der Waals surface area contributed by atoms with Gasteiger partial charge in [0.1, 0.15) is 0 Å². The normalized spacial score (nSPS) is 12.5. The van der Waals surface area contributed by atoms with Crippen LogP contribution >= 0.6 is 0 Å². The minimum Gasteiger partial charge on any atom is -0.396 e. The van der Waals surface area contributed by atoms with Crippen molar-refractivity contribution in [1.29, 1.82) is 0 Å². The van der Waals surface area contributed by atoms with E-state index >= 15 is 0 Å². The molecular weight excluding hydrogens is 218 g/mol. The average molecular weight is 237 g/mol. The molecule has 0 bridgehead atoms. The maximum absolute atomic E-state index is 11.3. The van der Waals surface area contributed by atoms with E-state index in [1.165, 1.54) is 0 Å². The van der Waals surface area contributed by atoms with Crippen LogP contribution in [0.4, 0.5) is 0 Å². The molecule has 90 valence electrons. The molecule has 0 radical (unpaired) electrons. The highest BCUT2D eigenvalue weighted by molar-refractivity contribution is 7.92. The Morgan fingerprint density at radius 2 is 1.93 bits per heavy atom. The van der Waals surface area contributed by atoms with Crippen LogP contribution in [-0.2, 0) is 14.6 Å². The molecule has 0 spiro atoms. The van der Waals surface area contributed by atoms with Crippen LogP contribution in [0.1, 0.15) is 26.7 Å². The highest BCUT2D eigenvalue weighted by atomic mass is 32.2. The van der Waals surface area contributed by atoms with E-state index < -0.39 is 14.6 Å². The van der Waals surface area contributed by atoms with E-state index in [0.29, 0.717) is 6.42 Å². The zero-order chi connectivity index (χ0) is 12.1. The molecule has 0 rings (SSSR count). The summed E-state index contributed by atoms with van der Waals surface area (Å²) in [6, 6.07) is 0. The van der Waals surface area contributed by atoms with Crippen molar-refractivity contribution in [2.45, 2.75) is 31.4 Å². The van der Waals surface area contributed by atoms with Crippen molar-refractivity contribution in [3.05, 3.63) is 0 Å². The number of sulfone groups is 1. The third-order valence-corrected chi connectivity index (χ3v) is 4.43. The number of nitrogens with one attached hydrogen (secondary N) is 1. The van der Waals surface area contributed by atoms with Gasteiger partial charge in [0.05, 0.1) is 4.75 Å². The molecule has 6 heteroatoms. The first-order valence-electron chi connectivity index (χ1n) is 4.78. The lowest BCUT2D eigenvalue weighted by atomic mass is 10.2. The molecule has 0 saturated carbocycles. The smallest absolute Gasteiger partial charge is 0.220 e. The molecule has 0 aromatic rings. The Morgan fingerprint density at radius 1 is 1.40 bits per heavy atom. The van der Waals surface area contributed by atoms with Crippen LogP contribution in [0.25, 0.3) is 0 Å². The Labute approximate surface area is 90.8 Å². The number of carbonyl (C=O) groups is 1. The first kappa shape index (κ1) is 14.4. The van der Waals surface area contributed by atoms with Gasteiger partial charge in [-0.25, -0.2) is 8.42 Å². The van der Waals surface area contributed by atoms with Gasteiger partial charge in [-0.1, -0.05) is 0 Å². The summed E-state index contributed by atoms with van der Waals surface area (Å²) in [7, 11) is -3.18. The molecule has 2 N–H and O–H groups in total. The van der Waals surface area contributed by atoms with Gasteiger partial charge in [-0.3, -0.25) is 4.79 Å². The van der Waals surface area contributed by atoms with Crippen LogP contribution in [0.15, 0.2) is 0 Å². The maximum Gasteiger partial charge on any atom is 0.220 e. The molecule has 15 heavy (non-hydrogen) atoms. The van der Waals surface area contributed by atoms with Crippen molar-refractivity contribution in [2.75, 3.05) is 19.4 Å². The average Bonchev–Trinajstić information content (AvgIpc) is 2.09. The molecular formula is C9H19NO4S. The summed E-state index contributed by atoms with van der Waals surface area (Å²) in [6.45, 7) is 3.18. The van der Waals surface area contributed by atoms with Crippen LogP contribution in [-0.4, -0.2) is 43.6 Å². The summed E-state index contributed by atoms with van der Waals surface area (Å²) in [5, 5.41) is 11.0. The van der Waals surface area contributed by atoms with Gasteiger partial charge in [-0.15, -0.1) is 0 Å². The summed E-state index contributed by atoms with van der Waals surface area (Å²) in [5.74, 6) is -0.235. The SMILES string of the molecule is CC(C)(CNC(=O)CCCO)S(C)(=O)=O. The van der Waals surface area contributed by atoms with E-state index in [1.807, 2.05) is 0 Å². The van der Waals surface area contributed by atoms with E-state index in [2.05, 4.69) is 5.32 Å². The van der Waals surface area contributed by atoms with Gasteiger partial charge in [0.15, 0.2) is 9.84 Å². The van der Waals surface area contributed by atoms with Crippen LogP contribution in [0.5, 0.6) is 0 Å². The molecule has 0 aromatic carbocycles. The second-order valence-electron chi connectivity index (χ2n) is 4.14. The lowest BCUT2D eigenvalue weighted by molar-refractivity contribution is -0.121. The molecule has 5 nitrogen and oxygen atoms in total. The zero-order valence-corrected chi connectivity index (χ0v) is 10.2. The van der Waals surface area contributed by atoms with Gasteiger partial charge >= 0.3 is 0 Å². The van der Waals surface area contributed by atoms with Crippen molar-refractivity contribution in [3.8, 4) is 0 Å². The second-order valence-corrected chi connectivity index (χ2v) is 6.79. The fraction of sp³-hybridized carbons (Fsp3) is 0.889. The Bertz CT molecular complexity index is 308. The van der Waals surface area contributed by atoms with Crippen molar-refractivity contribution in [1.82, 2.24) is 5.32 Å². The highest BCUT2D eigenvalue weighted by Crippen LogP contribution is 2.13. The Morgan fingerprint density at radius 3 is 2.33 bits per heavy atom. The summed E-state index contributed by atoms with van der Waals surface area (Å²) in [4.78, 5) is 11.2. The lowest BCUT2D eigenvalue weighted by Crippen LogP contribution is -2.43. The van der Waals surface area contributed by atoms with Crippen molar-refractivity contribution < 1.29 is 18.3 Å². The van der Waals surface area contributed by atoms with Gasteiger partial charge in [0.25, 0.3) is 0 Å².